The summed E-state index contributed by atoms with van der Waals surface area (Å²) in [6.07, 6.45) is 0. The number of hydrogen-bond acceptors (Lipinski definition) is 4. The maximum Gasteiger partial charge on any atom is 0.242 e. The number of anilines is 1. The summed E-state index contributed by atoms with van der Waals surface area (Å²) in [6.45, 7) is 2.32. The summed E-state index contributed by atoms with van der Waals surface area (Å²) in [7, 11) is -2.12. The van der Waals surface area contributed by atoms with Crippen LogP contribution in [0, 0.1) is 0 Å². The SMILES string of the molecule is CNS(=O)(=O)c1ccccc1NCCNC(C)=O. The van der Waals surface area contributed by atoms with Crippen molar-refractivity contribution in [1.82, 2.24) is 10.0 Å². The molecule has 1 aromatic carbocycles. The number of carbonyl (C=O) groups excluding carboxylic acids is 1. The van der Waals surface area contributed by atoms with Crippen LogP contribution in [-0.2, 0) is 14.8 Å². The van der Waals surface area contributed by atoms with Crippen molar-refractivity contribution in [2.45, 2.75) is 11.8 Å². The molecule has 0 radical (unpaired) electrons. The molecule has 0 heterocycles. The average molecular weight is 271 g/mol. The van der Waals surface area contributed by atoms with E-state index in [0.29, 0.717) is 18.8 Å². The third kappa shape index (κ3) is 4.01. The van der Waals surface area contributed by atoms with Crippen molar-refractivity contribution in [3.63, 3.8) is 0 Å². The van der Waals surface area contributed by atoms with Crippen LogP contribution in [0.5, 0.6) is 0 Å². The van der Waals surface area contributed by atoms with E-state index in [9.17, 15) is 13.2 Å². The average Bonchev–Trinajstić information content (AvgIpc) is 2.35. The van der Waals surface area contributed by atoms with Gasteiger partial charge in [0.1, 0.15) is 4.90 Å². The third-order valence-corrected chi connectivity index (χ3v) is 3.73. The molecular formula is C11H17N3O3S. The van der Waals surface area contributed by atoms with Crippen LogP contribution in [0.4, 0.5) is 5.69 Å². The number of sulfonamides is 1. The molecule has 6 nitrogen and oxygen atoms in total. The summed E-state index contributed by atoms with van der Waals surface area (Å²) in [5.41, 5.74) is 0.511. The molecule has 1 rings (SSSR count). The predicted octanol–water partition coefficient (Wildman–Crippen LogP) is 0.143. The van der Waals surface area contributed by atoms with E-state index in [1.807, 2.05) is 0 Å². The van der Waals surface area contributed by atoms with Crippen LogP contribution in [0.3, 0.4) is 0 Å². The highest BCUT2D eigenvalue weighted by atomic mass is 32.2. The van der Waals surface area contributed by atoms with E-state index in [0.717, 1.165) is 0 Å². The van der Waals surface area contributed by atoms with Crippen molar-refractivity contribution in [2.75, 3.05) is 25.5 Å². The third-order valence-electron chi connectivity index (χ3n) is 2.26. The van der Waals surface area contributed by atoms with Gasteiger partial charge in [-0.2, -0.15) is 0 Å². The molecule has 1 amide bonds. The van der Waals surface area contributed by atoms with E-state index < -0.39 is 10.0 Å². The fourth-order valence-electron chi connectivity index (χ4n) is 1.39. The zero-order valence-corrected chi connectivity index (χ0v) is 11.2. The van der Waals surface area contributed by atoms with E-state index in [-0.39, 0.29) is 10.8 Å². The van der Waals surface area contributed by atoms with Crippen LogP contribution < -0.4 is 15.4 Å². The molecule has 0 aliphatic rings. The summed E-state index contributed by atoms with van der Waals surface area (Å²) < 4.78 is 25.8. The lowest BCUT2D eigenvalue weighted by atomic mass is 10.3. The second-order valence-electron chi connectivity index (χ2n) is 3.61. The monoisotopic (exact) mass is 271 g/mol. The van der Waals surface area contributed by atoms with E-state index >= 15 is 0 Å². The molecule has 0 bridgehead atoms. The van der Waals surface area contributed by atoms with Gasteiger partial charge in [0.25, 0.3) is 0 Å². The highest BCUT2D eigenvalue weighted by molar-refractivity contribution is 7.89. The van der Waals surface area contributed by atoms with Crippen molar-refractivity contribution >= 4 is 21.6 Å². The van der Waals surface area contributed by atoms with Crippen LogP contribution in [0.15, 0.2) is 29.2 Å². The van der Waals surface area contributed by atoms with Crippen LogP contribution in [0.25, 0.3) is 0 Å². The summed E-state index contributed by atoms with van der Waals surface area (Å²) in [4.78, 5) is 10.9. The van der Waals surface area contributed by atoms with Crippen molar-refractivity contribution in [2.24, 2.45) is 0 Å². The quantitative estimate of drug-likeness (QED) is 0.642. The Labute approximate surface area is 107 Å². The Bertz CT molecular complexity index is 514. The van der Waals surface area contributed by atoms with E-state index in [1.54, 1.807) is 18.2 Å². The normalized spacial score (nSPS) is 11.0. The van der Waals surface area contributed by atoms with Gasteiger partial charge in [0.15, 0.2) is 0 Å². The van der Waals surface area contributed by atoms with Crippen LogP contribution >= 0.6 is 0 Å². The van der Waals surface area contributed by atoms with E-state index in [1.165, 1.54) is 20.0 Å². The largest absolute Gasteiger partial charge is 0.382 e. The highest BCUT2D eigenvalue weighted by Gasteiger charge is 2.15. The van der Waals surface area contributed by atoms with E-state index in [4.69, 9.17) is 0 Å². The van der Waals surface area contributed by atoms with Crippen LogP contribution in [0.2, 0.25) is 0 Å². The van der Waals surface area contributed by atoms with Gasteiger partial charge in [-0.1, -0.05) is 12.1 Å². The molecule has 0 aromatic heterocycles. The first kappa shape index (κ1) is 14.5. The van der Waals surface area contributed by atoms with Crippen LogP contribution in [-0.4, -0.2) is 34.5 Å². The second kappa shape index (κ2) is 6.36. The van der Waals surface area contributed by atoms with Gasteiger partial charge in [0, 0.05) is 20.0 Å². The smallest absolute Gasteiger partial charge is 0.242 e. The molecule has 1 aromatic rings. The van der Waals surface area contributed by atoms with Gasteiger partial charge >= 0.3 is 0 Å². The fraction of sp³-hybridized carbons (Fsp3) is 0.364. The fourth-order valence-corrected chi connectivity index (χ4v) is 2.30. The van der Waals surface area contributed by atoms with Gasteiger partial charge in [-0.15, -0.1) is 0 Å². The molecular weight excluding hydrogens is 254 g/mol. The van der Waals surface area contributed by atoms with Crippen molar-refractivity contribution in [1.29, 1.82) is 0 Å². The maximum absolute atomic E-state index is 11.7. The first-order chi connectivity index (χ1) is 8.47. The molecule has 0 saturated carbocycles. The molecule has 0 spiro atoms. The van der Waals surface area contributed by atoms with Gasteiger partial charge < -0.3 is 10.6 Å². The highest BCUT2D eigenvalue weighted by Crippen LogP contribution is 2.19. The number of para-hydroxylation sites is 1. The van der Waals surface area contributed by atoms with E-state index in [2.05, 4.69) is 15.4 Å². The maximum atomic E-state index is 11.7. The zero-order valence-electron chi connectivity index (χ0n) is 10.4. The molecule has 0 saturated heterocycles. The van der Waals surface area contributed by atoms with Gasteiger partial charge in [0.05, 0.1) is 5.69 Å². The molecule has 18 heavy (non-hydrogen) atoms. The Balaban J connectivity index is 2.75. The Hall–Kier alpha value is -1.60. The second-order valence-corrected chi connectivity index (χ2v) is 5.47. The first-order valence-corrected chi connectivity index (χ1v) is 6.96. The minimum atomic E-state index is -3.48. The molecule has 0 aliphatic carbocycles. The zero-order chi connectivity index (χ0) is 13.6. The molecule has 0 fully saturated rings. The lowest BCUT2D eigenvalue weighted by molar-refractivity contribution is -0.118. The standard InChI is InChI=1S/C11H17N3O3S/c1-9(15)13-7-8-14-10-5-3-4-6-11(10)18(16,17)12-2/h3-6,12,14H,7-8H2,1-2H3,(H,13,15). The minimum Gasteiger partial charge on any atom is -0.382 e. The Kier molecular flexibility index (Phi) is 5.11. The number of nitrogens with one attached hydrogen (secondary N) is 3. The number of rotatable bonds is 6. The van der Waals surface area contributed by atoms with Crippen molar-refractivity contribution < 1.29 is 13.2 Å². The number of hydrogen-bond donors (Lipinski definition) is 3. The van der Waals surface area contributed by atoms with Gasteiger partial charge in [-0.05, 0) is 19.2 Å². The van der Waals surface area contributed by atoms with Crippen LogP contribution in [0.1, 0.15) is 6.92 Å². The van der Waals surface area contributed by atoms with Crippen molar-refractivity contribution in [3.05, 3.63) is 24.3 Å². The molecule has 0 atom stereocenters. The Morgan fingerprint density at radius 1 is 1.22 bits per heavy atom. The molecule has 0 unspecified atom stereocenters. The lowest BCUT2D eigenvalue weighted by Gasteiger charge is -2.11. The number of benzene rings is 1. The molecule has 100 valence electrons. The summed E-state index contributed by atoms with van der Waals surface area (Å²) in [5, 5.41) is 5.60. The summed E-state index contributed by atoms with van der Waals surface area (Å²) >= 11 is 0. The van der Waals surface area contributed by atoms with Gasteiger partial charge in [-0.3, -0.25) is 4.79 Å². The molecule has 3 N–H and O–H groups in total. The van der Waals surface area contributed by atoms with Crippen molar-refractivity contribution in [3.8, 4) is 0 Å². The summed E-state index contributed by atoms with van der Waals surface area (Å²) in [5.74, 6) is -0.118. The predicted molar refractivity (Wildman–Crippen MR) is 69.9 cm³/mol. The first-order valence-electron chi connectivity index (χ1n) is 5.48. The minimum absolute atomic E-state index is 0.118. The molecule has 0 aliphatic heterocycles. The Morgan fingerprint density at radius 2 is 1.89 bits per heavy atom. The summed E-state index contributed by atoms with van der Waals surface area (Å²) in [6, 6.07) is 6.60. The van der Waals surface area contributed by atoms with Gasteiger partial charge in [0.2, 0.25) is 15.9 Å². The van der Waals surface area contributed by atoms with Gasteiger partial charge in [-0.25, -0.2) is 13.1 Å². The number of carbonyl (C=O) groups is 1. The number of amides is 1. The Morgan fingerprint density at radius 3 is 2.50 bits per heavy atom. The topological polar surface area (TPSA) is 87.3 Å². The molecule has 7 heteroatoms. The lowest BCUT2D eigenvalue weighted by Crippen LogP contribution is -2.27.